The van der Waals surface area contributed by atoms with Crippen molar-refractivity contribution >= 4 is 0 Å². The van der Waals surface area contributed by atoms with Gasteiger partial charge in [-0.05, 0) is 12.8 Å². The van der Waals surface area contributed by atoms with Crippen LogP contribution in [0, 0.1) is 0 Å². The summed E-state index contributed by atoms with van der Waals surface area (Å²) in [6, 6.07) is 0. The molecule has 0 unspecified atom stereocenters. The van der Waals surface area contributed by atoms with Gasteiger partial charge in [0.05, 0.1) is 13.2 Å². The van der Waals surface area contributed by atoms with Crippen LogP contribution in [0.25, 0.3) is 0 Å². The molecule has 0 amide bonds. The molecule has 0 bridgehead atoms. The van der Waals surface area contributed by atoms with E-state index in [-0.39, 0.29) is 0 Å². The first-order valence-electron chi connectivity index (χ1n) is 8.32. The molecule has 3 heteroatoms. The van der Waals surface area contributed by atoms with Crippen molar-refractivity contribution in [1.29, 1.82) is 0 Å². The zero-order chi connectivity index (χ0) is 14.0. The lowest BCUT2D eigenvalue weighted by atomic mass is 10.1. The lowest BCUT2D eigenvalue weighted by Gasteiger charge is -2.03. The number of unbranched alkanes of at least 4 members (excludes halogenated alkanes) is 10. The Bertz CT molecular complexity index is 135. The molecule has 19 heavy (non-hydrogen) atoms. The van der Waals surface area contributed by atoms with Crippen LogP contribution < -0.4 is 0 Å². The fourth-order valence-electron chi connectivity index (χ4n) is 1.95. The lowest BCUT2D eigenvalue weighted by Crippen LogP contribution is -2.00. The minimum atomic E-state index is 0.620. The lowest BCUT2D eigenvalue weighted by molar-refractivity contribution is -0.512. The zero-order valence-electron chi connectivity index (χ0n) is 13.1. The molecule has 0 N–H and O–H groups in total. The van der Waals surface area contributed by atoms with Gasteiger partial charge >= 0.3 is 0 Å². The molecule has 0 heterocycles. The van der Waals surface area contributed by atoms with Crippen LogP contribution in [0.1, 0.15) is 90.9 Å². The van der Waals surface area contributed by atoms with Crippen LogP contribution in [0.3, 0.4) is 0 Å². The molecule has 0 aliphatic heterocycles. The van der Waals surface area contributed by atoms with E-state index in [1.165, 1.54) is 57.8 Å². The molecule has 116 valence electrons. The third-order valence-electron chi connectivity index (χ3n) is 3.26. The monoisotopic (exact) mass is 274 g/mol. The summed E-state index contributed by atoms with van der Waals surface area (Å²) >= 11 is 0. The highest BCUT2D eigenvalue weighted by Gasteiger charge is 1.94. The fourth-order valence-corrected chi connectivity index (χ4v) is 1.95. The Balaban J connectivity index is 2.88. The van der Waals surface area contributed by atoms with E-state index < -0.39 is 0 Å². The van der Waals surface area contributed by atoms with Gasteiger partial charge in [-0.25, -0.2) is 9.78 Å². The Morgan fingerprint density at radius 1 is 0.474 bits per heavy atom. The first-order chi connectivity index (χ1) is 9.41. The molecule has 3 nitrogen and oxygen atoms in total. The molecule has 0 aliphatic rings. The van der Waals surface area contributed by atoms with Crippen LogP contribution in [0.4, 0.5) is 0 Å². The van der Waals surface area contributed by atoms with Crippen molar-refractivity contribution in [2.75, 3.05) is 13.2 Å². The van der Waals surface area contributed by atoms with Crippen LogP contribution in [0.2, 0.25) is 0 Å². The molecular formula is C16H34O3. The predicted octanol–water partition coefficient (Wildman–Crippen LogP) is 5.59. The molecule has 0 aliphatic carbocycles. The molecular weight excluding hydrogens is 240 g/mol. The largest absolute Gasteiger partial charge is 0.206 e. The summed E-state index contributed by atoms with van der Waals surface area (Å²) in [6.45, 7) is 5.64. The number of hydrogen-bond donors (Lipinski definition) is 0. The van der Waals surface area contributed by atoms with Gasteiger partial charge in [0.2, 0.25) is 0 Å². The van der Waals surface area contributed by atoms with Gasteiger partial charge in [-0.2, -0.15) is 0 Å². The van der Waals surface area contributed by atoms with E-state index in [1.807, 2.05) is 0 Å². The Labute approximate surface area is 119 Å². The summed E-state index contributed by atoms with van der Waals surface area (Å²) in [4.78, 5) is 9.77. The minimum absolute atomic E-state index is 0.620. The van der Waals surface area contributed by atoms with Gasteiger partial charge in [-0.1, -0.05) is 83.1 Å². The standard InChI is InChI=1S/C16H34O3/c1-3-5-7-8-9-10-11-12-13-14-16-18-19-17-15-6-4-2/h3-16H2,1-2H3. The normalized spacial score (nSPS) is 11.1. The van der Waals surface area contributed by atoms with Crippen molar-refractivity contribution in [2.45, 2.75) is 90.9 Å². The van der Waals surface area contributed by atoms with E-state index in [2.05, 4.69) is 18.9 Å². The van der Waals surface area contributed by atoms with Crippen LogP contribution in [-0.4, -0.2) is 13.2 Å². The maximum absolute atomic E-state index is 4.93. The van der Waals surface area contributed by atoms with Crippen molar-refractivity contribution in [3.8, 4) is 0 Å². The molecule has 0 atom stereocenters. The number of hydrogen-bond acceptors (Lipinski definition) is 3. The quantitative estimate of drug-likeness (QED) is 0.209. The molecule has 0 saturated heterocycles. The fraction of sp³-hybridized carbons (Fsp3) is 1.00. The summed E-state index contributed by atoms with van der Waals surface area (Å²) in [5.41, 5.74) is 0. The Morgan fingerprint density at radius 3 is 1.42 bits per heavy atom. The van der Waals surface area contributed by atoms with Crippen molar-refractivity contribution in [3.63, 3.8) is 0 Å². The molecule has 0 rings (SSSR count). The van der Waals surface area contributed by atoms with E-state index in [4.69, 9.17) is 9.78 Å². The minimum Gasteiger partial charge on any atom is -0.206 e. The summed E-state index contributed by atoms with van der Waals surface area (Å²) in [5, 5.41) is 4.62. The number of rotatable bonds is 16. The van der Waals surface area contributed by atoms with Crippen LogP contribution in [0.5, 0.6) is 0 Å². The highest BCUT2D eigenvalue weighted by atomic mass is 17.5. The van der Waals surface area contributed by atoms with E-state index >= 15 is 0 Å². The molecule has 0 aromatic rings. The molecule has 0 fully saturated rings. The second-order valence-electron chi connectivity index (χ2n) is 5.25. The SMILES string of the molecule is CCCCCCCCCCCCOOOCCCC. The molecule has 0 spiro atoms. The Kier molecular flexibility index (Phi) is 17.8. The Morgan fingerprint density at radius 2 is 0.895 bits per heavy atom. The van der Waals surface area contributed by atoms with Crippen LogP contribution in [0.15, 0.2) is 0 Å². The van der Waals surface area contributed by atoms with Gasteiger partial charge in [0.15, 0.2) is 0 Å². The zero-order valence-corrected chi connectivity index (χ0v) is 13.1. The van der Waals surface area contributed by atoms with Crippen molar-refractivity contribution < 1.29 is 14.8 Å². The highest BCUT2D eigenvalue weighted by molar-refractivity contribution is 4.46. The average Bonchev–Trinajstić information content (AvgIpc) is 2.43. The first-order valence-corrected chi connectivity index (χ1v) is 8.32. The van der Waals surface area contributed by atoms with Gasteiger partial charge < -0.3 is 0 Å². The molecule has 0 radical (unpaired) electrons. The van der Waals surface area contributed by atoms with Crippen molar-refractivity contribution in [1.82, 2.24) is 0 Å². The van der Waals surface area contributed by atoms with Crippen LogP contribution in [-0.2, 0) is 14.8 Å². The maximum Gasteiger partial charge on any atom is 0.0853 e. The van der Waals surface area contributed by atoms with E-state index in [9.17, 15) is 0 Å². The summed E-state index contributed by atoms with van der Waals surface area (Å²) in [7, 11) is 0. The third-order valence-corrected chi connectivity index (χ3v) is 3.26. The summed E-state index contributed by atoms with van der Waals surface area (Å²) in [5.74, 6) is 0. The van der Waals surface area contributed by atoms with E-state index in [1.54, 1.807) is 0 Å². The van der Waals surface area contributed by atoms with Gasteiger partial charge in [0.25, 0.3) is 0 Å². The van der Waals surface area contributed by atoms with Gasteiger partial charge in [0, 0.05) is 0 Å². The Hall–Kier alpha value is -0.120. The third kappa shape index (κ3) is 17.9. The topological polar surface area (TPSA) is 27.7 Å². The van der Waals surface area contributed by atoms with Crippen molar-refractivity contribution in [2.24, 2.45) is 0 Å². The van der Waals surface area contributed by atoms with Gasteiger partial charge in [-0.3, -0.25) is 0 Å². The molecule has 0 aromatic heterocycles. The summed E-state index contributed by atoms with van der Waals surface area (Å²) in [6.07, 6.45) is 15.5. The first kappa shape index (κ1) is 18.9. The van der Waals surface area contributed by atoms with Crippen molar-refractivity contribution in [3.05, 3.63) is 0 Å². The van der Waals surface area contributed by atoms with Gasteiger partial charge in [-0.15, -0.1) is 0 Å². The second-order valence-corrected chi connectivity index (χ2v) is 5.25. The second kappa shape index (κ2) is 17.9. The smallest absolute Gasteiger partial charge is 0.0853 e. The van der Waals surface area contributed by atoms with E-state index in [0.717, 1.165) is 19.3 Å². The van der Waals surface area contributed by atoms with E-state index in [0.29, 0.717) is 13.2 Å². The average molecular weight is 274 g/mol. The highest BCUT2D eigenvalue weighted by Crippen LogP contribution is 2.10. The maximum atomic E-state index is 4.93. The molecule has 0 aromatic carbocycles. The predicted molar refractivity (Wildman–Crippen MR) is 79.7 cm³/mol. The van der Waals surface area contributed by atoms with Crippen LogP contribution >= 0.6 is 0 Å². The summed E-state index contributed by atoms with van der Waals surface area (Å²) < 4.78 is 0. The molecule has 0 saturated carbocycles. The van der Waals surface area contributed by atoms with Gasteiger partial charge in [0.1, 0.15) is 0 Å².